The third kappa shape index (κ3) is 5.21. The highest BCUT2D eigenvalue weighted by Crippen LogP contribution is 2.21. The Morgan fingerprint density at radius 2 is 1.81 bits per heavy atom. The number of benzene rings is 2. The van der Waals surface area contributed by atoms with Crippen LogP contribution in [0.2, 0.25) is 0 Å². The Kier molecular flexibility index (Phi) is 7.25. The van der Waals surface area contributed by atoms with Crippen LogP contribution in [0.3, 0.4) is 0 Å². The SMILES string of the molecule is CCN(CC)S(=O)(=O)c1cc(C(=O)NCCc2cnn(-c3ccccc3)c2)ccc1C. The van der Waals surface area contributed by atoms with Crippen molar-refractivity contribution in [3.63, 3.8) is 0 Å². The predicted molar refractivity (Wildman–Crippen MR) is 121 cm³/mol. The van der Waals surface area contributed by atoms with E-state index in [2.05, 4.69) is 10.4 Å². The molecule has 31 heavy (non-hydrogen) atoms. The van der Waals surface area contributed by atoms with E-state index in [9.17, 15) is 13.2 Å². The van der Waals surface area contributed by atoms with Crippen molar-refractivity contribution in [2.75, 3.05) is 19.6 Å². The van der Waals surface area contributed by atoms with Crippen molar-refractivity contribution in [2.45, 2.75) is 32.1 Å². The molecule has 0 radical (unpaired) electrons. The second-order valence-corrected chi connectivity index (χ2v) is 9.11. The summed E-state index contributed by atoms with van der Waals surface area (Å²) in [5.74, 6) is -0.300. The molecule has 3 aromatic rings. The van der Waals surface area contributed by atoms with E-state index in [1.165, 1.54) is 10.4 Å². The summed E-state index contributed by atoms with van der Waals surface area (Å²) in [6, 6.07) is 14.6. The number of nitrogens with zero attached hydrogens (tertiary/aromatic N) is 3. The van der Waals surface area contributed by atoms with Crippen molar-refractivity contribution in [1.82, 2.24) is 19.4 Å². The van der Waals surface area contributed by atoms with E-state index in [-0.39, 0.29) is 10.8 Å². The van der Waals surface area contributed by atoms with E-state index in [0.29, 0.717) is 37.2 Å². The highest BCUT2D eigenvalue weighted by atomic mass is 32.2. The number of aromatic nitrogens is 2. The van der Waals surface area contributed by atoms with Crippen molar-refractivity contribution in [3.8, 4) is 5.69 Å². The minimum absolute atomic E-state index is 0.174. The number of carbonyl (C=O) groups is 1. The van der Waals surface area contributed by atoms with Gasteiger partial charge in [-0.05, 0) is 48.7 Å². The number of amides is 1. The molecule has 0 fully saturated rings. The monoisotopic (exact) mass is 440 g/mol. The van der Waals surface area contributed by atoms with Gasteiger partial charge in [-0.2, -0.15) is 9.40 Å². The van der Waals surface area contributed by atoms with E-state index in [1.807, 2.05) is 36.5 Å². The van der Waals surface area contributed by atoms with Crippen LogP contribution in [0.4, 0.5) is 0 Å². The van der Waals surface area contributed by atoms with Gasteiger partial charge in [-0.25, -0.2) is 13.1 Å². The Bertz CT molecular complexity index is 1140. The van der Waals surface area contributed by atoms with E-state index in [1.54, 1.807) is 43.8 Å². The summed E-state index contributed by atoms with van der Waals surface area (Å²) < 4.78 is 29.0. The van der Waals surface area contributed by atoms with Crippen LogP contribution >= 0.6 is 0 Å². The Hall–Kier alpha value is -2.97. The third-order valence-corrected chi connectivity index (χ3v) is 7.32. The summed E-state index contributed by atoms with van der Waals surface area (Å²) >= 11 is 0. The minimum Gasteiger partial charge on any atom is -0.352 e. The molecule has 0 saturated carbocycles. The molecule has 164 valence electrons. The first-order valence-electron chi connectivity index (χ1n) is 10.3. The molecule has 0 aliphatic rings. The molecule has 1 amide bonds. The van der Waals surface area contributed by atoms with Gasteiger partial charge in [0.25, 0.3) is 5.91 Å². The normalized spacial score (nSPS) is 11.6. The molecule has 1 N–H and O–H groups in total. The van der Waals surface area contributed by atoms with Crippen molar-refractivity contribution in [2.24, 2.45) is 0 Å². The molecule has 0 spiro atoms. The van der Waals surface area contributed by atoms with Crippen LogP contribution < -0.4 is 5.32 Å². The quantitative estimate of drug-likeness (QED) is 0.554. The summed E-state index contributed by atoms with van der Waals surface area (Å²) in [5, 5.41) is 7.22. The molecule has 0 aliphatic heterocycles. The molecule has 0 atom stereocenters. The summed E-state index contributed by atoms with van der Waals surface area (Å²) in [5.41, 5.74) is 2.92. The third-order valence-electron chi connectivity index (χ3n) is 5.13. The van der Waals surface area contributed by atoms with Gasteiger partial charge in [0.15, 0.2) is 0 Å². The van der Waals surface area contributed by atoms with Crippen LogP contribution in [0.1, 0.15) is 35.3 Å². The van der Waals surface area contributed by atoms with Crippen LogP contribution in [-0.2, 0) is 16.4 Å². The van der Waals surface area contributed by atoms with Crippen molar-refractivity contribution < 1.29 is 13.2 Å². The van der Waals surface area contributed by atoms with E-state index in [0.717, 1.165) is 11.3 Å². The maximum absolute atomic E-state index is 12.9. The van der Waals surface area contributed by atoms with E-state index >= 15 is 0 Å². The summed E-state index contributed by atoms with van der Waals surface area (Å²) in [4.78, 5) is 12.8. The first-order chi connectivity index (χ1) is 14.9. The van der Waals surface area contributed by atoms with E-state index < -0.39 is 10.0 Å². The molecule has 2 aromatic carbocycles. The van der Waals surface area contributed by atoms with Gasteiger partial charge in [-0.3, -0.25) is 4.79 Å². The van der Waals surface area contributed by atoms with Gasteiger partial charge in [0.2, 0.25) is 10.0 Å². The molecule has 0 aliphatic carbocycles. The van der Waals surface area contributed by atoms with Crippen LogP contribution in [-0.4, -0.2) is 48.0 Å². The first kappa shape index (κ1) is 22.7. The van der Waals surface area contributed by atoms with Crippen LogP contribution in [0, 0.1) is 6.92 Å². The minimum atomic E-state index is -3.63. The summed E-state index contributed by atoms with van der Waals surface area (Å²) in [7, 11) is -3.63. The van der Waals surface area contributed by atoms with Gasteiger partial charge < -0.3 is 5.32 Å². The molecule has 0 unspecified atom stereocenters. The van der Waals surface area contributed by atoms with Crippen LogP contribution in [0.25, 0.3) is 5.69 Å². The maximum Gasteiger partial charge on any atom is 0.251 e. The molecule has 1 aromatic heterocycles. The summed E-state index contributed by atoms with van der Waals surface area (Å²) in [6.45, 7) is 6.52. The standard InChI is InChI=1S/C23H28N4O3S/c1-4-26(5-2)31(29,30)22-15-20(12-11-18(22)3)23(28)24-14-13-19-16-25-27(17-19)21-9-7-6-8-10-21/h6-12,15-17H,4-5,13-14H2,1-3H3,(H,24,28). The fourth-order valence-corrected chi connectivity index (χ4v) is 5.06. The first-order valence-corrected chi connectivity index (χ1v) is 11.8. The molecule has 7 nitrogen and oxygen atoms in total. The average molecular weight is 441 g/mol. The largest absolute Gasteiger partial charge is 0.352 e. The Morgan fingerprint density at radius 3 is 2.48 bits per heavy atom. The Balaban J connectivity index is 1.66. The second kappa shape index (κ2) is 9.89. The smallest absolute Gasteiger partial charge is 0.251 e. The predicted octanol–water partition coefficient (Wildman–Crippen LogP) is 3.18. The summed E-state index contributed by atoms with van der Waals surface area (Å²) in [6.07, 6.45) is 4.33. The number of carbonyl (C=O) groups excluding carboxylic acids is 1. The number of para-hydroxylation sites is 1. The zero-order valence-electron chi connectivity index (χ0n) is 18.1. The fourth-order valence-electron chi connectivity index (χ4n) is 3.36. The molecule has 8 heteroatoms. The maximum atomic E-state index is 12.9. The number of hydrogen-bond acceptors (Lipinski definition) is 4. The Labute approximate surface area is 183 Å². The molecule has 1 heterocycles. The topological polar surface area (TPSA) is 84.3 Å². The van der Waals surface area contributed by atoms with Crippen LogP contribution in [0.5, 0.6) is 0 Å². The lowest BCUT2D eigenvalue weighted by Gasteiger charge is -2.20. The van der Waals surface area contributed by atoms with Gasteiger partial charge in [-0.1, -0.05) is 38.1 Å². The van der Waals surface area contributed by atoms with Crippen LogP contribution in [0.15, 0.2) is 65.8 Å². The zero-order chi connectivity index (χ0) is 22.4. The van der Waals surface area contributed by atoms with Gasteiger partial charge in [0, 0.05) is 31.4 Å². The fraction of sp³-hybridized carbons (Fsp3) is 0.304. The number of aryl methyl sites for hydroxylation is 1. The Morgan fingerprint density at radius 1 is 1.10 bits per heavy atom. The molecular formula is C23H28N4O3S. The lowest BCUT2D eigenvalue weighted by atomic mass is 10.1. The highest BCUT2D eigenvalue weighted by molar-refractivity contribution is 7.89. The van der Waals surface area contributed by atoms with Crippen molar-refractivity contribution in [1.29, 1.82) is 0 Å². The number of nitrogens with one attached hydrogen (secondary N) is 1. The second-order valence-electron chi connectivity index (χ2n) is 7.20. The van der Waals surface area contributed by atoms with Gasteiger partial charge >= 0.3 is 0 Å². The highest BCUT2D eigenvalue weighted by Gasteiger charge is 2.24. The zero-order valence-corrected chi connectivity index (χ0v) is 18.9. The van der Waals surface area contributed by atoms with Crippen molar-refractivity contribution >= 4 is 15.9 Å². The molecular weight excluding hydrogens is 412 g/mol. The van der Waals surface area contributed by atoms with Gasteiger partial charge in [0.1, 0.15) is 0 Å². The lowest BCUT2D eigenvalue weighted by molar-refractivity contribution is 0.0954. The number of hydrogen-bond donors (Lipinski definition) is 1. The number of sulfonamides is 1. The van der Waals surface area contributed by atoms with E-state index in [4.69, 9.17) is 0 Å². The van der Waals surface area contributed by atoms with Gasteiger partial charge in [-0.15, -0.1) is 0 Å². The number of rotatable bonds is 9. The lowest BCUT2D eigenvalue weighted by Crippen LogP contribution is -2.31. The average Bonchev–Trinajstić information content (AvgIpc) is 3.24. The molecule has 3 rings (SSSR count). The van der Waals surface area contributed by atoms with Crippen molar-refractivity contribution in [3.05, 3.63) is 77.6 Å². The van der Waals surface area contributed by atoms with Gasteiger partial charge in [0.05, 0.1) is 16.8 Å². The molecule has 0 bridgehead atoms. The molecule has 0 saturated heterocycles.